The molecule has 0 aliphatic heterocycles. The number of benzene rings is 1. The van der Waals surface area contributed by atoms with Crippen LogP contribution < -0.4 is 0 Å². The molecule has 3 heteroatoms. The summed E-state index contributed by atoms with van der Waals surface area (Å²) >= 11 is 0. The third-order valence-corrected chi connectivity index (χ3v) is 3.81. The number of carbonyl (C=O) groups excluding carboxylic acids is 1. The highest BCUT2D eigenvalue weighted by Crippen LogP contribution is 2.31. The van der Waals surface area contributed by atoms with Crippen molar-refractivity contribution in [2.45, 2.75) is 32.5 Å². The highest BCUT2D eigenvalue weighted by Gasteiger charge is 2.33. The largest absolute Gasteiger partial charge is 0.366 e. The van der Waals surface area contributed by atoms with Gasteiger partial charge in [0, 0.05) is 12.7 Å². The number of Topliss-reactive ketones (excluding diaryl/α,β-unsaturated/α-hetero) is 1. The van der Waals surface area contributed by atoms with Gasteiger partial charge in [0.1, 0.15) is 5.34 Å². The quantitative estimate of drug-likeness (QED) is 0.606. The van der Waals surface area contributed by atoms with Crippen LogP contribution in [0.15, 0.2) is 12.1 Å². The molecule has 0 spiro atoms. The zero-order valence-electron chi connectivity index (χ0n) is 11.0. The first-order chi connectivity index (χ1) is 7.85. The van der Waals surface area contributed by atoms with Gasteiger partial charge in [-0.05, 0) is 45.2 Å². The van der Waals surface area contributed by atoms with Gasteiger partial charge in [-0.1, -0.05) is 26.9 Å². The van der Waals surface area contributed by atoms with Crippen molar-refractivity contribution in [2.75, 3.05) is 7.11 Å². The van der Waals surface area contributed by atoms with Gasteiger partial charge in [-0.25, -0.2) is 0 Å². The van der Waals surface area contributed by atoms with E-state index in [0.717, 1.165) is 22.3 Å². The summed E-state index contributed by atoms with van der Waals surface area (Å²) in [6, 6.07) is 4.04. The average molecular weight is 251 g/mol. The lowest BCUT2D eigenvalue weighted by Crippen LogP contribution is -2.34. The first kappa shape index (κ1) is 14.3. The van der Waals surface area contributed by atoms with Gasteiger partial charge in [0.05, 0.1) is 0 Å². The minimum absolute atomic E-state index is 0.0185. The molecule has 1 unspecified atom stereocenters. The van der Waals surface area contributed by atoms with Crippen molar-refractivity contribution in [3.63, 3.8) is 0 Å². The van der Waals surface area contributed by atoms with Gasteiger partial charge >= 0.3 is 0 Å². The third-order valence-electron chi connectivity index (χ3n) is 3.02. The number of ether oxygens (including phenoxy) is 1. The lowest BCUT2D eigenvalue weighted by molar-refractivity contribution is 0.0481. The molecule has 0 saturated carbocycles. The Morgan fingerprint density at radius 1 is 1.35 bits per heavy atom. The molecule has 0 amide bonds. The number of hydrogen-bond donors (Lipinski definition) is 0. The summed E-state index contributed by atoms with van der Waals surface area (Å²) in [5, 5.41) is -0.912. The summed E-state index contributed by atoms with van der Waals surface area (Å²) in [6.07, 6.45) is 0.389. The van der Waals surface area contributed by atoms with Crippen LogP contribution in [0, 0.1) is 27.7 Å². The molecule has 1 rings (SSSR count). The maximum absolute atomic E-state index is 12.5. The van der Waals surface area contributed by atoms with Gasteiger partial charge < -0.3 is 4.74 Å². The highest BCUT2D eigenvalue weighted by molar-refractivity contribution is 7.20. The van der Waals surface area contributed by atoms with Crippen molar-refractivity contribution in [2.24, 2.45) is 0 Å². The van der Waals surface area contributed by atoms with Crippen LogP contribution in [0.5, 0.6) is 0 Å². The van der Waals surface area contributed by atoms with Crippen LogP contribution in [0.3, 0.4) is 0 Å². The molecule has 93 valence electrons. The maximum atomic E-state index is 12.5. The highest BCUT2D eigenvalue weighted by atomic mass is 31.0. The van der Waals surface area contributed by atoms with Crippen molar-refractivity contribution in [1.82, 2.24) is 0 Å². The van der Waals surface area contributed by atoms with Crippen molar-refractivity contribution >= 4 is 15.0 Å². The summed E-state index contributed by atoms with van der Waals surface area (Å²) < 4.78 is 5.29. The van der Waals surface area contributed by atoms with E-state index in [0.29, 0.717) is 6.42 Å². The van der Waals surface area contributed by atoms with E-state index in [4.69, 9.17) is 4.74 Å². The smallest absolute Gasteiger partial charge is 0.198 e. The molecule has 0 heterocycles. The molecular formula is C14H20O2P. The molecule has 0 aliphatic rings. The number of methoxy groups -OCH3 is 1. The van der Waals surface area contributed by atoms with E-state index < -0.39 is 5.34 Å². The zero-order valence-corrected chi connectivity index (χ0v) is 12.1. The minimum atomic E-state index is -0.912. The molecule has 0 aliphatic carbocycles. The Morgan fingerprint density at radius 3 is 2.18 bits per heavy atom. The van der Waals surface area contributed by atoms with Crippen LogP contribution in [-0.4, -0.2) is 18.2 Å². The Kier molecular flexibility index (Phi) is 4.46. The van der Waals surface area contributed by atoms with E-state index in [1.807, 2.05) is 32.9 Å². The molecule has 2 atom stereocenters. The second-order valence-electron chi connectivity index (χ2n) is 4.45. The predicted molar refractivity (Wildman–Crippen MR) is 74.4 cm³/mol. The maximum Gasteiger partial charge on any atom is 0.198 e. The fraction of sp³-hybridized carbons (Fsp3) is 0.429. The van der Waals surface area contributed by atoms with Gasteiger partial charge in [0.15, 0.2) is 5.78 Å². The van der Waals surface area contributed by atoms with Crippen LogP contribution in [0.25, 0.3) is 0 Å². The lowest BCUT2D eigenvalue weighted by Gasteiger charge is -2.26. The standard InChI is InChI=1S/C14H20O2P/c1-6-14(17,16-5)13(15)12-10(3)7-9(2)8-11(12)4/h7-8H,1,6,17H2,2-5H3/t14-/m1/s1. The Bertz CT molecular complexity index is 411. The van der Waals surface area contributed by atoms with Gasteiger partial charge in [-0.2, -0.15) is 0 Å². The lowest BCUT2D eigenvalue weighted by atomic mass is 9.93. The molecule has 0 aromatic heterocycles. The Morgan fingerprint density at radius 2 is 1.82 bits per heavy atom. The normalized spacial score (nSPS) is 14.5. The van der Waals surface area contributed by atoms with Gasteiger partial charge in [-0.15, -0.1) is 0 Å². The number of hydrogen-bond acceptors (Lipinski definition) is 2. The number of carbonyl (C=O) groups is 1. The molecule has 0 bridgehead atoms. The second kappa shape index (κ2) is 5.29. The van der Waals surface area contributed by atoms with Gasteiger partial charge in [0.2, 0.25) is 0 Å². The van der Waals surface area contributed by atoms with E-state index in [1.165, 1.54) is 7.11 Å². The molecule has 0 N–H and O–H groups in total. The van der Waals surface area contributed by atoms with Crippen LogP contribution in [-0.2, 0) is 4.74 Å². The average Bonchev–Trinajstić information content (AvgIpc) is 2.26. The third kappa shape index (κ3) is 2.75. The van der Waals surface area contributed by atoms with Crippen LogP contribution >= 0.6 is 9.24 Å². The van der Waals surface area contributed by atoms with Crippen LogP contribution in [0.1, 0.15) is 33.5 Å². The summed E-state index contributed by atoms with van der Waals surface area (Å²) in [6.45, 7) is 9.72. The predicted octanol–water partition coefficient (Wildman–Crippen LogP) is 3.24. The Hall–Kier alpha value is -0.720. The monoisotopic (exact) mass is 251 g/mol. The second-order valence-corrected chi connectivity index (χ2v) is 5.38. The van der Waals surface area contributed by atoms with E-state index in [2.05, 4.69) is 16.2 Å². The minimum Gasteiger partial charge on any atom is -0.366 e. The SMILES string of the molecule is [CH2]C[C@](P)(OC)C(=O)c1c(C)cc(C)cc1C. The fourth-order valence-electron chi connectivity index (χ4n) is 2.06. The zero-order chi connectivity index (χ0) is 13.2. The topological polar surface area (TPSA) is 26.3 Å². The van der Waals surface area contributed by atoms with E-state index in [9.17, 15) is 4.79 Å². The van der Waals surface area contributed by atoms with Crippen LogP contribution in [0.2, 0.25) is 0 Å². The summed E-state index contributed by atoms with van der Waals surface area (Å²) in [4.78, 5) is 12.5. The van der Waals surface area contributed by atoms with Crippen molar-refractivity contribution in [1.29, 1.82) is 0 Å². The molecule has 17 heavy (non-hydrogen) atoms. The Labute approximate surface area is 106 Å². The summed E-state index contributed by atoms with van der Waals surface area (Å²) in [5.41, 5.74) is 3.89. The first-order valence-electron chi connectivity index (χ1n) is 5.61. The molecule has 0 fully saturated rings. The van der Waals surface area contributed by atoms with Gasteiger partial charge in [-0.3, -0.25) is 4.79 Å². The van der Waals surface area contributed by atoms with E-state index in [-0.39, 0.29) is 5.78 Å². The molecule has 0 saturated heterocycles. The first-order valence-corrected chi connectivity index (χ1v) is 6.19. The molecule has 1 aromatic rings. The molecule has 2 nitrogen and oxygen atoms in total. The molecule has 1 radical (unpaired) electrons. The number of rotatable bonds is 4. The van der Waals surface area contributed by atoms with E-state index in [1.54, 1.807) is 0 Å². The molecular weight excluding hydrogens is 231 g/mol. The summed E-state index contributed by atoms with van der Waals surface area (Å²) in [5.74, 6) is -0.0185. The number of ketones is 1. The number of aryl methyl sites for hydroxylation is 3. The fourth-order valence-corrected chi connectivity index (χ4v) is 2.20. The van der Waals surface area contributed by atoms with E-state index >= 15 is 0 Å². The molecule has 1 aromatic carbocycles. The Balaban J connectivity index is 3.30. The van der Waals surface area contributed by atoms with Gasteiger partial charge in [0.25, 0.3) is 0 Å². The van der Waals surface area contributed by atoms with Crippen molar-refractivity contribution in [3.8, 4) is 0 Å². The summed E-state index contributed by atoms with van der Waals surface area (Å²) in [7, 11) is 4.02. The van der Waals surface area contributed by atoms with Crippen molar-refractivity contribution in [3.05, 3.63) is 41.3 Å². The van der Waals surface area contributed by atoms with Crippen molar-refractivity contribution < 1.29 is 9.53 Å². The van der Waals surface area contributed by atoms with Crippen LogP contribution in [0.4, 0.5) is 0 Å².